The van der Waals surface area contributed by atoms with Crippen LogP contribution in [0.15, 0.2) is 40.2 Å². The molecule has 0 atom stereocenters. The van der Waals surface area contributed by atoms with Crippen molar-refractivity contribution in [2.75, 3.05) is 52.5 Å². The number of H-pyrrole nitrogens is 1. The lowest BCUT2D eigenvalue weighted by molar-refractivity contribution is -0.154. The van der Waals surface area contributed by atoms with E-state index in [1.807, 2.05) is 24.3 Å². The van der Waals surface area contributed by atoms with Crippen LogP contribution in [0.2, 0.25) is 0 Å². The zero-order chi connectivity index (χ0) is 23.5. The van der Waals surface area contributed by atoms with E-state index in [0.717, 1.165) is 10.9 Å². The normalized spacial score (nSPS) is 16.8. The van der Waals surface area contributed by atoms with Crippen LogP contribution in [0.4, 0.5) is 0 Å². The van der Waals surface area contributed by atoms with Crippen LogP contribution in [-0.2, 0) is 20.1 Å². The third kappa shape index (κ3) is 4.50. The van der Waals surface area contributed by atoms with Crippen molar-refractivity contribution in [2.45, 2.75) is 10.9 Å². The summed E-state index contributed by atoms with van der Waals surface area (Å²) in [5.41, 5.74) is 1.44. The second-order valence-corrected chi connectivity index (χ2v) is 8.94. The number of rotatable bonds is 4. The quantitative estimate of drug-likeness (QED) is 0.429. The molecule has 0 radical (unpaired) electrons. The Bertz CT molecular complexity index is 1180. The lowest BCUT2D eigenvalue weighted by atomic mass is 10.1. The second-order valence-electron chi connectivity index (χ2n) is 7.97. The molecule has 4 heterocycles. The molecule has 12 heteroatoms. The van der Waals surface area contributed by atoms with Gasteiger partial charge in [-0.1, -0.05) is 30.0 Å². The minimum atomic E-state index is -0.526. The highest BCUT2D eigenvalue weighted by Crippen LogP contribution is 2.32. The number of nitrogens with zero attached hydrogens (tertiary/aromatic N) is 5. The Labute approximate surface area is 199 Å². The first-order chi connectivity index (χ1) is 16.6. The average Bonchev–Trinajstić information content (AvgIpc) is 3.54. The predicted molar refractivity (Wildman–Crippen MR) is 122 cm³/mol. The maximum atomic E-state index is 13.4. The molecule has 178 valence electrons. The number of hydrogen-bond donors (Lipinski definition) is 1. The Morgan fingerprint density at radius 3 is 2.32 bits per heavy atom. The molecule has 1 N–H and O–H groups in total. The molecule has 2 aromatic heterocycles. The third-order valence-electron chi connectivity index (χ3n) is 5.97. The molecule has 0 spiro atoms. The molecule has 0 unspecified atom stereocenters. The summed E-state index contributed by atoms with van der Waals surface area (Å²) in [4.78, 5) is 47.4. The number of fused-ring (bicyclic) bond motifs is 1. The van der Waals surface area contributed by atoms with Gasteiger partial charge in [0.25, 0.3) is 5.91 Å². The van der Waals surface area contributed by atoms with Gasteiger partial charge < -0.3 is 23.9 Å². The van der Waals surface area contributed by atoms with Crippen LogP contribution in [0.1, 0.15) is 16.1 Å². The fraction of sp³-hybridized carbons (Fsp3) is 0.409. The molecule has 2 fully saturated rings. The summed E-state index contributed by atoms with van der Waals surface area (Å²) in [7, 11) is 0. The number of morpholine rings is 1. The standard InChI is InChI=1S/C22H24N6O5S/c29-19(26-5-7-27(8-6-26)20(30)21(31)28-9-11-32-12-10-28)18-16(13-34-22-23-14-24-25-22)15-3-1-2-4-17(15)33-18/h1-4,14H,5-13H2,(H,23,24,25). The molecule has 0 aliphatic carbocycles. The van der Waals surface area contributed by atoms with Gasteiger partial charge in [0.05, 0.1) is 13.2 Å². The Morgan fingerprint density at radius 1 is 0.941 bits per heavy atom. The number of carbonyl (C=O) groups is 3. The summed E-state index contributed by atoms with van der Waals surface area (Å²) in [6, 6.07) is 7.54. The Hall–Kier alpha value is -3.38. The van der Waals surface area contributed by atoms with Crippen molar-refractivity contribution in [1.29, 1.82) is 0 Å². The summed E-state index contributed by atoms with van der Waals surface area (Å²) >= 11 is 1.44. The smallest absolute Gasteiger partial charge is 0.312 e. The van der Waals surface area contributed by atoms with Gasteiger partial charge in [-0.15, -0.1) is 0 Å². The number of amides is 3. The summed E-state index contributed by atoms with van der Waals surface area (Å²) in [5.74, 6) is -0.484. The van der Waals surface area contributed by atoms with E-state index in [2.05, 4.69) is 15.2 Å². The van der Waals surface area contributed by atoms with Gasteiger partial charge in [0.2, 0.25) is 0 Å². The van der Waals surface area contributed by atoms with Crippen LogP contribution >= 0.6 is 11.8 Å². The zero-order valence-corrected chi connectivity index (χ0v) is 19.3. The monoisotopic (exact) mass is 484 g/mol. The number of aromatic nitrogens is 3. The average molecular weight is 485 g/mol. The molecule has 1 aromatic carbocycles. The molecule has 3 amide bonds. The van der Waals surface area contributed by atoms with Gasteiger partial charge in [-0.3, -0.25) is 19.5 Å². The highest BCUT2D eigenvalue weighted by atomic mass is 32.2. The molecular weight excluding hydrogens is 460 g/mol. The topological polar surface area (TPSA) is 125 Å². The highest BCUT2D eigenvalue weighted by molar-refractivity contribution is 7.98. The van der Waals surface area contributed by atoms with E-state index >= 15 is 0 Å². The Balaban J connectivity index is 1.27. The number of benzene rings is 1. The summed E-state index contributed by atoms with van der Waals surface area (Å²) in [6.45, 7) is 2.96. The molecule has 34 heavy (non-hydrogen) atoms. The maximum absolute atomic E-state index is 13.4. The Morgan fingerprint density at radius 2 is 1.62 bits per heavy atom. The van der Waals surface area contributed by atoms with Crippen molar-refractivity contribution >= 4 is 40.5 Å². The van der Waals surface area contributed by atoms with E-state index in [0.29, 0.717) is 69.0 Å². The van der Waals surface area contributed by atoms with Crippen LogP contribution in [0.5, 0.6) is 0 Å². The molecule has 2 aliphatic heterocycles. The summed E-state index contributed by atoms with van der Waals surface area (Å²) < 4.78 is 11.2. The minimum Gasteiger partial charge on any atom is -0.451 e. The largest absolute Gasteiger partial charge is 0.451 e. The molecule has 5 rings (SSSR count). The van der Waals surface area contributed by atoms with Gasteiger partial charge >= 0.3 is 11.8 Å². The van der Waals surface area contributed by atoms with Crippen molar-refractivity contribution in [2.24, 2.45) is 0 Å². The maximum Gasteiger partial charge on any atom is 0.312 e. The number of aromatic amines is 1. The van der Waals surface area contributed by atoms with Gasteiger partial charge in [-0.2, -0.15) is 5.10 Å². The Kier molecular flexibility index (Phi) is 6.50. The van der Waals surface area contributed by atoms with E-state index in [4.69, 9.17) is 9.15 Å². The first-order valence-electron chi connectivity index (χ1n) is 11.1. The fourth-order valence-electron chi connectivity index (χ4n) is 4.11. The van der Waals surface area contributed by atoms with Crippen molar-refractivity contribution in [1.82, 2.24) is 29.9 Å². The van der Waals surface area contributed by atoms with Gasteiger partial charge in [-0.05, 0) is 6.07 Å². The molecule has 0 saturated carbocycles. The SMILES string of the molecule is O=C(C(=O)N1CCN(C(=O)c2oc3ccccc3c2CSc2ncn[nH]2)CC1)N1CCOCC1. The molecular formula is C22H24N6O5S. The van der Waals surface area contributed by atoms with Gasteiger partial charge in [0, 0.05) is 56.0 Å². The molecule has 11 nitrogen and oxygen atoms in total. The third-order valence-corrected chi connectivity index (χ3v) is 6.88. The lowest BCUT2D eigenvalue weighted by Crippen LogP contribution is -2.55. The number of nitrogens with one attached hydrogen (secondary N) is 1. The zero-order valence-electron chi connectivity index (χ0n) is 18.4. The minimum absolute atomic E-state index is 0.226. The molecule has 3 aromatic rings. The number of para-hydroxylation sites is 1. The lowest BCUT2D eigenvalue weighted by Gasteiger charge is -2.35. The van der Waals surface area contributed by atoms with E-state index in [9.17, 15) is 14.4 Å². The van der Waals surface area contributed by atoms with E-state index in [-0.39, 0.29) is 11.7 Å². The number of furan rings is 1. The highest BCUT2D eigenvalue weighted by Gasteiger charge is 2.33. The predicted octanol–water partition coefficient (Wildman–Crippen LogP) is 0.986. The van der Waals surface area contributed by atoms with Crippen molar-refractivity contribution in [3.8, 4) is 0 Å². The first kappa shape index (κ1) is 22.4. The number of carbonyl (C=O) groups excluding carboxylic acids is 3. The first-order valence-corrected chi connectivity index (χ1v) is 12.0. The van der Waals surface area contributed by atoms with Crippen LogP contribution in [0.3, 0.4) is 0 Å². The van der Waals surface area contributed by atoms with Crippen LogP contribution in [0, 0.1) is 0 Å². The van der Waals surface area contributed by atoms with E-state index in [1.54, 1.807) is 4.90 Å². The van der Waals surface area contributed by atoms with Crippen LogP contribution in [0.25, 0.3) is 11.0 Å². The van der Waals surface area contributed by atoms with Crippen molar-refractivity contribution in [3.63, 3.8) is 0 Å². The second kappa shape index (κ2) is 9.85. The van der Waals surface area contributed by atoms with Gasteiger partial charge in [-0.25, -0.2) is 4.98 Å². The van der Waals surface area contributed by atoms with Crippen LogP contribution < -0.4 is 0 Å². The number of thioether (sulfide) groups is 1. The summed E-state index contributed by atoms with van der Waals surface area (Å²) in [6.07, 6.45) is 1.44. The number of hydrogen-bond acceptors (Lipinski definition) is 8. The van der Waals surface area contributed by atoms with Gasteiger partial charge in [0.15, 0.2) is 10.9 Å². The van der Waals surface area contributed by atoms with Gasteiger partial charge in [0.1, 0.15) is 11.9 Å². The van der Waals surface area contributed by atoms with E-state index in [1.165, 1.54) is 27.9 Å². The van der Waals surface area contributed by atoms with Crippen molar-refractivity contribution < 1.29 is 23.5 Å². The molecule has 2 aliphatic rings. The summed E-state index contributed by atoms with van der Waals surface area (Å²) in [5, 5.41) is 8.20. The molecule has 2 saturated heterocycles. The fourth-order valence-corrected chi connectivity index (χ4v) is 4.92. The van der Waals surface area contributed by atoms with Crippen molar-refractivity contribution in [3.05, 3.63) is 41.9 Å². The molecule has 0 bridgehead atoms. The van der Waals surface area contributed by atoms with Crippen LogP contribution in [-0.4, -0.2) is 100 Å². The number of ether oxygens (including phenoxy) is 1. The van der Waals surface area contributed by atoms with E-state index < -0.39 is 11.8 Å². The number of piperazine rings is 1.